The molecule has 0 radical (unpaired) electrons. The van der Waals surface area contributed by atoms with Crippen LogP contribution in [0.25, 0.3) is 22.0 Å². The normalized spacial score (nSPS) is 11.3. The number of ether oxygens (including phenoxy) is 1. The van der Waals surface area contributed by atoms with E-state index in [1.807, 2.05) is 30.3 Å². The summed E-state index contributed by atoms with van der Waals surface area (Å²) in [6.07, 6.45) is 0.592. The van der Waals surface area contributed by atoms with E-state index in [-0.39, 0.29) is 12.4 Å². The summed E-state index contributed by atoms with van der Waals surface area (Å²) in [6, 6.07) is 14.2. The largest absolute Gasteiger partial charge is 0.493 e. The second kappa shape index (κ2) is 6.49. The van der Waals surface area contributed by atoms with Gasteiger partial charge < -0.3 is 15.2 Å². The lowest BCUT2D eigenvalue weighted by Gasteiger charge is -2.06. The maximum absolute atomic E-state index is 13.4. The lowest BCUT2D eigenvalue weighted by atomic mass is 10.2. The zero-order valence-corrected chi connectivity index (χ0v) is 13.5. The average molecular weight is 339 g/mol. The Labute approximate surface area is 143 Å². The van der Waals surface area contributed by atoms with Gasteiger partial charge in [-0.2, -0.15) is 0 Å². The molecule has 0 unspecified atom stereocenters. The average Bonchev–Trinajstić information content (AvgIpc) is 3.16. The van der Waals surface area contributed by atoms with Crippen molar-refractivity contribution in [3.63, 3.8) is 0 Å². The van der Waals surface area contributed by atoms with Crippen molar-refractivity contribution in [3.05, 3.63) is 54.3 Å². The van der Waals surface area contributed by atoms with Crippen molar-refractivity contribution in [2.75, 3.05) is 18.5 Å². The summed E-state index contributed by atoms with van der Waals surface area (Å²) in [4.78, 5) is 0. The van der Waals surface area contributed by atoms with Crippen LogP contribution in [0.15, 0.2) is 48.5 Å². The fourth-order valence-corrected chi connectivity index (χ4v) is 2.98. The Morgan fingerprint density at radius 2 is 1.92 bits per heavy atom. The van der Waals surface area contributed by atoms with E-state index in [2.05, 4.69) is 15.5 Å². The van der Waals surface area contributed by atoms with Gasteiger partial charge >= 0.3 is 0 Å². The first-order chi connectivity index (χ1) is 12.3. The predicted octanol–water partition coefficient (Wildman–Crippen LogP) is 4.24. The molecule has 1 aliphatic carbocycles. The monoisotopic (exact) mass is 339 g/mol. The first-order valence-electron chi connectivity index (χ1n) is 8.14. The van der Waals surface area contributed by atoms with Crippen LogP contribution in [0.5, 0.6) is 5.75 Å². The van der Waals surface area contributed by atoms with Crippen molar-refractivity contribution in [1.82, 2.24) is 10.2 Å². The number of aliphatic hydroxyl groups is 1. The number of anilines is 2. The number of nitrogens with one attached hydrogen (secondary N) is 3. The second-order valence-electron chi connectivity index (χ2n) is 5.84. The molecular formula is C19H18FN3O2. The van der Waals surface area contributed by atoms with E-state index in [0.29, 0.717) is 18.7 Å². The highest BCUT2D eigenvalue weighted by molar-refractivity contribution is 6.06. The molecule has 2 aromatic carbocycles. The van der Waals surface area contributed by atoms with Gasteiger partial charge in [0.2, 0.25) is 0 Å². The minimum Gasteiger partial charge on any atom is -0.493 e. The van der Waals surface area contributed by atoms with E-state index in [4.69, 9.17) is 9.84 Å². The molecule has 0 spiro atoms. The number of hydrogen-bond donors (Lipinski definition) is 4. The Hall–Kier alpha value is -2.99. The quantitative estimate of drug-likeness (QED) is 0.397. The molecule has 0 fully saturated rings. The highest BCUT2D eigenvalue weighted by Crippen LogP contribution is 2.41. The molecule has 0 saturated carbocycles. The minimum absolute atomic E-state index is 0.106. The molecule has 5 nitrogen and oxygen atoms in total. The molecule has 0 amide bonds. The highest BCUT2D eigenvalue weighted by atomic mass is 19.1. The fraction of sp³-hybridized carbons (Fsp3) is 0.158. The third-order valence-corrected chi connectivity index (χ3v) is 4.13. The number of halogens is 1. The minimum atomic E-state index is -0.288. The zero-order valence-electron chi connectivity index (χ0n) is 13.5. The number of rotatable bonds is 6. The summed E-state index contributed by atoms with van der Waals surface area (Å²) in [5.41, 5.74) is 2.60. The van der Waals surface area contributed by atoms with Crippen LogP contribution in [-0.4, -0.2) is 28.5 Å². The summed E-state index contributed by atoms with van der Waals surface area (Å²) in [7, 11) is 0. The Morgan fingerprint density at radius 1 is 1.04 bits per heavy atom. The fourth-order valence-electron chi connectivity index (χ4n) is 2.98. The number of benzene rings is 2. The van der Waals surface area contributed by atoms with Gasteiger partial charge in [0.25, 0.3) is 0 Å². The van der Waals surface area contributed by atoms with E-state index in [0.717, 1.165) is 33.6 Å². The molecule has 4 rings (SSSR count). The van der Waals surface area contributed by atoms with E-state index in [1.54, 1.807) is 6.07 Å². The molecule has 2 aliphatic rings. The molecule has 6 heteroatoms. The third kappa shape index (κ3) is 2.92. The van der Waals surface area contributed by atoms with Crippen molar-refractivity contribution in [1.29, 1.82) is 0 Å². The lowest BCUT2D eigenvalue weighted by Crippen LogP contribution is -1.99. The molecule has 25 heavy (non-hydrogen) atoms. The van der Waals surface area contributed by atoms with E-state index >= 15 is 0 Å². The zero-order chi connectivity index (χ0) is 17.2. The summed E-state index contributed by atoms with van der Waals surface area (Å²) in [5.74, 6) is 1.26. The van der Waals surface area contributed by atoms with Crippen LogP contribution < -0.4 is 10.1 Å². The molecule has 1 heterocycles. The van der Waals surface area contributed by atoms with Crippen LogP contribution in [-0.2, 0) is 0 Å². The van der Waals surface area contributed by atoms with Crippen LogP contribution in [0.2, 0.25) is 0 Å². The van der Waals surface area contributed by atoms with E-state index < -0.39 is 0 Å². The van der Waals surface area contributed by atoms with Gasteiger partial charge in [-0.15, -0.1) is 0 Å². The maximum Gasteiger partial charge on any atom is 0.132 e. The summed E-state index contributed by atoms with van der Waals surface area (Å²) in [5, 5.41) is 20.4. The number of fused-ring (bicyclic) bond motifs is 3. The number of hydrogen-bond acceptors (Lipinski definition) is 3. The Morgan fingerprint density at radius 3 is 2.76 bits per heavy atom. The van der Waals surface area contributed by atoms with Crippen LogP contribution >= 0.6 is 0 Å². The summed E-state index contributed by atoms with van der Waals surface area (Å²) in [6.45, 7) is 0.573. The Kier molecular flexibility index (Phi) is 4.03. The van der Waals surface area contributed by atoms with Gasteiger partial charge in [-0.3, -0.25) is 10.2 Å². The van der Waals surface area contributed by atoms with E-state index in [1.165, 1.54) is 12.1 Å². The second-order valence-corrected chi connectivity index (χ2v) is 5.84. The predicted molar refractivity (Wildman–Crippen MR) is 96.2 cm³/mol. The van der Waals surface area contributed by atoms with Gasteiger partial charge in [-0.1, -0.05) is 18.2 Å². The lowest BCUT2D eigenvalue weighted by molar-refractivity contribution is 0.235. The van der Waals surface area contributed by atoms with Gasteiger partial charge in [-0.05, 0) is 30.3 Å². The third-order valence-electron chi connectivity index (χ3n) is 4.13. The Bertz CT molecular complexity index is 976. The van der Waals surface area contributed by atoms with Crippen LogP contribution in [0.3, 0.4) is 0 Å². The molecule has 0 saturated heterocycles. The molecular weight excluding hydrogens is 321 g/mol. The molecule has 4 N–H and O–H groups in total. The van der Waals surface area contributed by atoms with Crippen molar-refractivity contribution >= 4 is 22.3 Å². The van der Waals surface area contributed by atoms with Gasteiger partial charge in [-0.25, -0.2) is 4.39 Å². The topological polar surface area (TPSA) is 73.1 Å². The molecule has 0 atom stereocenters. The molecule has 128 valence electrons. The number of aromatic nitrogens is 2. The summed E-state index contributed by atoms with van der Waals surface area (Å²) >= 11 is 0. The maximum atomic E-state index is 13.4. The van der Waals surface area contributed by atoms with Crippen molar-refractivity contribution in [2.24, 2.45) is 0 Å². The van der Waals surface area contributed by atoms with Crippen molar-refractivity contribution < 1.29 is 14.2 Å². The SMILES string of the molecule is OCCCOc1cccc2c3[nH][nH]c(Nc4cccc(F)c4)c-3cc12. The van der Waals surface area contributed by atoms with E-state index in [9.17, 15) is 4.39 Å². The standard InChI is InChI=1S/C19H18FN3O2/c20-12-4-1-5-13(10-12)21-19-16-11-15-14(18(16)22-23-19)6-2-7-17(15)25-9-3-8-24/h1-2,4-7,10-11,21-24H,3,8-9H2. The first-order valence-corrected chi connectivity index (χ1v) is 8.14. The van der Waals surface area contributed by atoms with Gasteiger partial charge in [0, 0.05) is 35.1 Å². The van der Waals surface area contributed by atoms with Crippen LogP contribution in [0.4, 0.5) is 15.9 Å². The van der Waals surface area contributed by atoms with Gasteiger partial charge in [0.15, 0.2) is 0 Å². The molecule has 2 aromatic rings. The number of H-pyrrole nitrogens is 2. The summed E-state index contributed by atoms with van der Waals surface area (Å²) < 4.78 is 19.2. The van der Waals surface area contributed by atoms with Crippen LogP contribution in [0.1, 0.15) is 6.42 Å². The smallest absolute Gasteiger partial charge is 0.132 e. The molecule has 0 bridgehead atoms. The molecule has 0 aromatic heterocycles. The highest BCUT2D eigenvalue weighted by Gasteiger charge is 2.19. The van der Waals surface area contributed by atoms with Crippen molar-refractivity contribution in [3.8, 4) is 17.0 Å². The Balaban J connectivity index is 1.70. The van der Waals surface area contributed by atoms with Gasteiger partial charge in [0.1, 0.15) is 17.4 Å². The number of aliphatic hydroxyl groups excluding tert-OH is 1. The first kappa shape index (κ1) is 15.5. The van der Waals surface area contributed by atoms with Gasteiger partial charge in [0.05, 0.1) is 12.3 Å². The molecule has 1 aliphatic heterocycles. The number of aromatic amines is 2. The van der Waals surface area contributed by atoms with Crippen LogP contribution in [0, 0.1) is 5.82 Å². The van der Waals surface area contributed by atoms with Crippen molar-refractivity contribution in [2.45, 2.75) is 6.42 Å².